The predicted octanol–water partition coefficient (Wildman–Crippen LogP) is 1.12. The largest absolute Gasteiger partial charge is 0.444 e. The molecule has 1 saturated heterocycles. The summed E-state index contributed by atoms with van der Waals surface area (Å²) in [5.41, 5.74) is 5.30. The van der Waals surface area contributed by atoms with E-state index in [2.05, 4.69) is 4.99 Å². The maximum atomic E-state index is 11.9. The van der Waals surface area contributed by atoms with Gasteiger partial charge in [0.25, 0.3) is 0 Å². The Morgan fingerprint density at radius 3 is 2.63 bits per heavy atom. The van der Waals surface area contributed by atoms with Gasteiger partial charge < -0.3 is 20.3 Å². The highest BCUT2D eigenvalue weighted by Gasteiger charge is 2.29. The summed E-state index contributed by atoms with van der Waals surface area (Å²) in [6.45, 7) is 7.71. The van der Waals surface area contributed by atoms with E-state index in [4.69, 9.17) is 10.5 Å². The second kappa shape index (κ2) is 6.12. The molecule has 1 fully saturated rings. The average molecular weight is 270 g/mol. The van der Waals surface area contributed by atoms with Gasteiger partial charge in [-0.25, -0.2) is 4.79 Å². The van der Waals surface area contributed by atoms with Gasteiger partial charge in [-0.15, -0.1) is 0 Å². The molecule has 0 aromatic heterocycles. The number of amides is 1. The highest BCUT2D eigenvalue weighted by molar-refractivity contribution is 5.77. The van der Waals surface area contributed by atoms with Crippen molar-refractivity contribution in [1.29, 1.82) is 0 Å². The molecule has 2 N–H and O–H groups in total. The predicted molar refractivity (Wildman–Crippen MR) is 76.1 cm³/mol. The van der Waals surface area contributed by atoms with Gasteiger partial charge in [-0.1, -0.05) is 0 Å². The van der Waals surface area contributed by atoms with E-state index in [1.54, 1.807) is 9.80 Å². The standard InChI is InChI=1S/C13H26N4O2/c1-13(2,3)19-12(18)17-7-6-10(9-17)8-15-11(14)16(4)5/h10H,6-9H2,1-5H3,(H2,14,15)/t10-/m0/s1. The molecule has 0 aliphatic carbocycles. The van der Waals surface area contributed by atoms with Crippen molar-refractivity contribution >= 4 is 12.1 Å². The van der Waals surface area contributed by atoms with E-state index in [1.165, 1.54) is 0 Å². The third-order valence-corrected chi connectivity index (χ3v) is 2.91. The Kier molecular flexibility index (Phi) is 5.03. The van der Waals surface area contributed by atoms with Crippen LogP contribution >= 0.6 is 0 Å². The van der Waals surface area contributed by atoms with Crippen LogP contribution < -0.4 is 5.73 Å². The quantitative estimate of drug-likeness (QED) is 0.603. The Morgan fingerprint density at radius 2 is 2.11 bits per heavy atom. The topological polar surface area (TPSA) is 71.2 Å². The Labute approximate surface area is 115 Å². The number of carbonyl (C=O) groups excluding carboxylic acids is 1. The first-order chi connectivity index (χ1) is 8.69. The summed E-state index contributed by atoms with van der Waals surface area (Å²) in [4.78, 5) is 19.7. The van der Waals surface area contributed by atoms with Gasteiger partial charge in [-0.05, 0) is 33.1 Å². The minimum Gasteiger partial charge on any atom is -0.444 e. The number of hydrogen-bond donors (Lipinski definition) is 1. The van der Waals surface area contributed by atoms with Crippen LogP contribution in [0, 0.1) is 5.92 Å². The number of nitrogens with two attached hydrogens (primary N) is 1. The maximum absolute atomic E-state index is 11.9. The second-order valence-electron chi connectivity index (χ2n) is 6.17. The molecule has 1 rings (SSSR count). The minimum absolute atomic E-state index is 0.237. The van der Waals surface area contributed by atoms with Crippen LogP contribution in [0.4, 0.5) is 4.79 Å². The van der Waals surface area contributed by atoms with Crippen molar-refractivity contribution in [3.05, 3.63) is 0 Å². The van der Waals surface area contributed by atoms with Gasteiger partial charge in [-0.3, -0.25) is 4.99 Å². The lowest BCUT2D eigenvalue weighted by Crippen LogP contribution is -2.35. The van der Waals surface area contributed by atoms with Crippen LogP contribution in [0.1, 0.15) is 27.2 Å². The number of ether oxygens (including phenoxy) is 1. The smallest absolute Gasteiger partial charge is 0.410 e. The van der Waals surface area contributed by atoms with Crippen LogP contribution in [0.25, 0.3) is 0 Å². The Hall–Kier alpha value is -1.46. The lowest BCUT2D eigenvalue weighted by Gasteiger charge is -2.24. The molecule has 0 unspecified atom stereocenters. The molecule has 0 aromatic carbocycles. The summed E-state index contributed by atoms with van der Waals surface area (Å²) >= 11 is 0. The summed E-state index contributed by atoms with van der Waals surface area (Å²) in [5, 5.41) is 0. The first kappa shape index (κ1) is 15.6. The molecule has 1 amide bonds. The number of aliphatic imine (C=N–C) groups is 1. The van der Waals surface area contributed by atoms with Crippen molar-refractivity contribution in [1.82, 2.24) is 9.80 Å². The van der Waals surface area contributed by atoms with E-state index in [9.17, 15) is 4.79 Å². The third-order valence-electron chi connectivity index (χ3n) is 2.91. The first-order valence-electron chi connectivity index (χ1n) is 6.64. The molecule has 0 spiro atoms. The number of guanidine groups is 1. The first-order valence-corrected chi connectivity index (χ1v) is 6.64. The summed E-state index contributed by atoms with van der Waals surface area (Å²) in [6.07, 6.45) is 0.711. The summed E-state index contributed by atoms with van der Waals surface area (Å²) in [7, 11) is 3.72. The minimum atomic E-state index is -0.442. The summed E-state index contributed by atoms with van der Waals surface area (Å²) in [5.74, 6) is 0.890. The van der Waals surface area contributed by atoms with E-state index >= 15 is 0 Å². The molecule has 6 nitrogen and oxygen atoms in total. The lowest BCUT2D eigenvalue weighted by atomic mass is 10.1. The average Bonchev–Trinajstić information content (AvgIpc) is 2.71. The fourth-order valence-electron chi connectivity index (χ4n) is 1.84. The molecule has 1 atom stereocenters. The van der Waals surface area contributed by atoms with Gasteiger partial charge in [0.2, 0.25) is 0 Å². The monoisotopic (exact) mass is 270 g/mol. The summed E-state index contributed by atoms with van der Waals surface area (Å²) < 4.78 is 5.35. The van der Waals surface area contributed by atoms with Gasteiger partial charge >= 0.3 is 6.09 Å². The molecule has 1 aliphatic heterocycles. The van der Waals surface area contributed by atoms with Crippen LogP contribution in [-0.2, 0) is 4.74 Å². The van der Waals surface area contributed by atoms with Gasteiger partial charge in [0, 0.05) is 33.7 Å². The molecule has 110 valence electrons. The zero-order chi connectivity index (χ0) is 14.6. The van der Waals surface area contributed by atoms with Crippen molar-refractivity contribution < 1.29 is 9.53 Å². The van der Waals surface area contributed by atoms with Gasteiger partial charge in [0.1, 0.15) is 5.60 Å². The highest BCUT2D eigenvalue weighted by Crippen LogP contribution is 2.19. The molecule has 0 bridgehead atoms. The van der Waals surface area contributed by atoms with E-state index in [0.717, 1.165) is 13.0 Å². The van der Waals surface area contributed by atoms with Gasteiger partial charge in [0.15, 0.2) is 5.96 Å². The maximum Gasteiger partial charge on any atom is 0.410 e. The second-order valence-corrected chi connectivity index (χ2v) is 6.17. The molecule has 1 heterocycles. The van der Waals surface area contributed by atoms with Crippen molar-refractivity contribution in [2.24, 2.45) is 16.6 Å². The van der Waals surface area contributed by atoms with Crippen molar-refractivity contribution in [3.8, 4) is 0 Å². The number of rotatable bonds is 2. The molecule has 0 radical (unpaired) electrons. The van der Waals surface area contributed by atoms with Crippen LogP contribution in [0.15, 0.2) is 4.99 Å². The number of carbonyl (C=O) groups is 1. The Morgan fingerprint density at radius 1 is 1.47 bits per heavy atom. The van der Waals surface area contributed by atoms with Crippen molar-refractivity contribution in [3.63, 3.8) is 0 Å². The molecular weight excluding hydrogens is 244 g/mol. The number of likely N-dealkylation sites (tertiary alicyclic amines) is 1. The van der Waals surface area contributed by atoms with Crippen LogP contribution in [0.3, 0.4) is 0 Å². The number of hydrogen-bond acceptors (Lipinski definition) is 3. The normalized spacial score (nSPS) is 20.6. The van der Waals surface area contributed by atoms with Gasteiger partial charge in [0.05, 0.1) is 0 Å². The molecule has 6 heteroatoms. The molecule has 0 saturated carbocycles. The van der Waals surface area contributed by atoms with Gasteiger partial charge in [-0.2, -0.15) is 0 Å². The molecule has 1 aliphatic rings. The Bertz CT molecular complexity index is 347. The van der Waals surface area contributed by atoms with Crippen molar-refractivity contribution in [2.75, 3.05) is 33.7 Å². The Balaban J connectivity index is 2.42. The van der Waals surface area contributed by atoms with E-state index in [0.29, 0.717) is 25.0 Å². The number of nitrogens with zero attached hydrogens (tertiary/aromatic N) is 3. The molecule has 19 heavy (non-hydrogen) atoms. The summed E-state index contributed by atoms with van der Waals surface area (Å²) in [6, 6.07) is 0. The highest BCUT2D eigenvalue weighted by atomic mass is 16.6. The van der Waals surface area contributed by atoms with E-state index < -0.39 is 5.60 Å². The van der Waals surface area contributed by atoms with Crippen LogP contribution in [0.2, 0.25) is 0 Å². The SMILES string of the molecule is CN(C)C(N)=NC[C@@H]1CCN(C(=O)OC(C)(C)C)C1. The van der Waals surface area contributed by atoms with E-state index in [1.807, 2.05) is 34.9 Å². The molecular formula is C13H26N4O2. The fraction of sp³-hybridized carbons (Fsp3) is 0.846. The zero-order valence-electron chi connectivity index (χ0n) is 12.6. The van der Waals surface area contributed by atoms with Crippen molar-refractivity contribution in [2.45, 2.75) is 32.8 Å². The van der Waals surface area contributed by atoms with E-state index in [-0.39, 0.29) is 6.09 Å². The lowest BCUT2D eigenvalue weighted by molar-refractivity contribution is 0.0289. The third kappa shape index (κ3) is 5.36. The zero-order valence-corrected chi connectivity index (χ0v) is 12.6. The molecule has 0 aromatic rings. The fourth-order valence-corrected chi connectivity index (χ4v) is 1.84. The van der Waals surface area contributed by atoms with Crippen LogP contribution in [0.5, 0.6) is 0 Å². The van der Waals surface area contributed by atoms with Crippen LogP contribution in [-0.4, -0.2) is 61.2 Å².